The zero-order valence-corrected chi connectivity index (χ0v) is 17.2. The van der Waals surface area contributed by atoms with Crippen molar-refractivity contribution in [3.63, 3.8) is 0 Å². The van der Waals surface area contributed by atoms with Crippen molar-refractivity contribution in [2.45, 2.75) is 18.9 Å². The van der Waals surface area contributed by atoms with Crippen LogP contribution >= 0.6 is 11.3 Å². The summed E-state index contributed by atoms with van der Waals surface area (Å²) in [6, 6.07) is 11.1. The van der Waals surface area contributed by atoms with E-state index in [1.165, 1.54) is 22.3 Å². The lowest BCUT2D eigenvalue weighted by Gasteiger charge is -2.25. The van der Waals surface area contributed by atoms with Gasteiger partial charge in [0.2, 0.25) is 5.91 Å². The fraction of sp³-hybridized carbons (Fsp3) is 0.273. The minimum Gasteiger partial charge on any atom is -0.376 e. The molecule has 3 aromatic rings. The Morgan fingerprint density at radius 3 is 2.55 bits per heavy atom. The van der Waals surface area contributed by atoms with Crippen LogP contribution in [0.25, 0.3) is 10.2 Å². The van der Waals surface area contributed by atoms with E-state index in [0.29, 0.717) is 16.4 Å². The predicted molar refractivity (Wildman–Crippen MR) is 113 cm³/mol. The third kappa shape index (κ3) is 3.49. The number of imide groups is 1. The Balaban J connectivity index is 1.45. The van der Waals surface area contributed by atoms with Gasteiger partial charge in [0.05, 0.1) is 28.5 Å². The molecule has 0 aliphatic carbocycles. The van der Waals surface area contributed by atoms with Crippen LogP contribution in [0, 0.1) is 5.82 Å². The average molecular weight is 439 g/mol. The SMILES string of the molecule is O=C1c2ccccc2C(=O)N1CC(=O)N(CC1CCCO1)c1nc2c(F)cccc2s1. The largest absolute Gasteiger partial charge is 0.376 e. The Labute approximate surface area is 181 Å². The van der Waals surface area contributed by atoms with Crippen LogP contribution in [0.2, 0.25) is 0 Å². The summed E-state index contributed by atoms with van der Waals surface area (Å²) in [6.45, 7) is 0.417. The van der Waals surface area contributed by atoms with Crippen LogP contribution in [0.3, 0.4) is 0 Å². The Morgan fingerprint density at radius 1 is 1.16 bits per heavy atom. The van der Waals surface area contributed by atoms with E-state index in [2.05, 4.69) is 4.98 Å². The van der Waals surface area contributed by atoms with Crippen molar-refractivity contribution in [2.24, 2.45) is 0 Å². The van der Waals surface area contributed by atoms with Gasteiger partial charge in [0.15, 0.2) is 5.13 Å². The van der Waals surface area contributed by atoms with Crippen LogP contribution in [0.5, 0.6) is 0 Å². The molecule has 9 heteroatoms. The topological polar surface area (TPSA) is 79.8 Å². The van der Waals surface area contributed by atoms with Gasteiger partial charge in [-0.15, -0.1) is 0 Å². The fourth-order valence-electron chi connectivity index (χ4n) is 3.90. The number of benzene rings is 2. The normalized spacial score (nSPS) is 18.1. The van der Waals surface area contributed by atoms with Crippen LogP contribution in [-0.2, 0) is 9.53 Å². The van der Waals surface area contributed by atoms with Gasteiger partial charge in [-0.3, -0.25) is 24.2 Å². The maximum atomic E-state index is 14.2. The molecule has 158 valence electrons. The number of rotatable bonds is 5. The average Bonchev–Trinajstić information content (AvgIpc) is 3.49. The maximum Gasteiger partial charge on any atom is 0.262 e. The summed E-state index contributed by atoms with van der Waals surface area (Å²) < 4.78 is 20.5. The number of hydrogen-bond acceptors (Lipinski definition) is 6. The molecule has 1 saturated heterocycles. The molecule has 0 saturated carbocycles. The predicted octanol–water partition coefficient (Wildman–Crippen LogP) is 3.24. The Morgan fingerprint density at radius 2 is 1.90 bits per heavy atom. The highest BCUT2D eigenvalue weighted by Gasteiger charge is 2.38. The van der Waals surface area contributed by atoms with Crippen LogP contribution in [0.15, 0.2) is 42.5 Å². The molecule has 2 aliphatic heterocycles. The van der Waals surface area contributed by atoms with Gasteiger partial charge in [-0.25, -0.2) is 9.37 Å². The number of para-hydroxylation sites is 1. The van der Waals surface area contributed by atoms with Crippen LogP contribution < -0.4 is 4.90 Å². The van der Waals surface area contributed by atoms with Crippen molar-refractivity contribution in [1.29, 1.82) is 0 Å². The first-order valence-electron chi connectivity index (χ1n) is 9.95. The minimum atomic E-state index is -0.499. The van der Waals surface area contributed by atoms with Gasteiger partial charge in [0.25, 0.3) is 11.8 Å². The third-order valence-electron chi connectivity index (χ3n) is 5.47. The molecule has 1 atom stereocenters. The van der Waals surface area contributed by atoms with Crippen LogP contribution in [0.1, 0.15) is 33.6 Å². The fourth-order valence-corrected chi connectivity index (χ4v) is 4.91. The third-order valence-corrected chi connectivity index (χ3v) is 6.52. The highest BCUT2D eigenvalue weighted by atomic mass is 32.1. The van der Waals surface area contributed by atoms with Crippen molar-refractivity contribution >= 4 is 44.4 Å². The molecule has 2 aromatic carbocycles. The number of carbonyl (C=O) groups is 3. The summed E-state index contributed by atoms with van der Waals surface area (Å²) in [7, 11) is 0. The first-order chi connectivity index (χ1) is 15.0. The minimum absolute atomic E-state index is 0.178. The monoisotopic (exact) mass is 439 g/mol. The van der Waals surface area contributed by atoms with E-state index >= 15 is 0 Å². The Kier molecular flexibility index (Phi) is 4.99. The van der Waals surface area contributed by atoms with Gasteiger partial charge in [0, 0.05) is 6.61 Å². The van der Waals surface area contributed by atoms with Gasteiger partial charge in [-0.1, -0.05) is 29.5 Å². The summed E-state index contributed by atoms with van der Waals surface area (Å²) in [5, 5.41) is 0.317. The summed E-state index contributed by atoms with van der Waals surface area (Å²) in [6.07, 6.45) is 1.50. The molecule has 0 bridgehead atoms. The zero-order chi connectivity index (χ0) is 21.5. The first-order valence-corrected chi connectivity index (χ1v) is 10.8. The van der Waals surface area contributed by atoms with Crippen molar-refractivity contribution in [2.75, 3.05) is 24.6 Å². The molecule has 0 spiro atoms. The number of ether oxygens (including phenoxy) is 1. The molecule has 0 radical (unpaired) electrons. The molecule has 0 N–H and O–H groups in total. The van der Waals surface area contributed by atoms with E-state index in [1.807, 2.05) is 0 Å². The number of anilines is 1. The lowest BCUT2D eigenvalue weighted by Crippen LogP contribution is -2.45. The molecule has 1 unspecified atom stereocenters. The Hall–Kier alpha value is -3.17. The van der Waals surface area contributed by atoms with Crippen molar-refractivity contribution in [3.8, 4) is 0 Å². The summed E-state index contributed by atoms with van der Waals surface area (Å²) >= 11 is 1.19. The number of aromatic nitrogens is 1. The molecule has 7 nitrogen and oxygen atoms in total. The molecule has 31 heavy (non-hydrogen) atoms. The molecule has 1 aromatic heterocycles. The lowest BCUT2D eigenvalue weighted by atomic mass is 10.1. The Bertz CT molecular complexity index is 1170. The maximum absolute atomic E-state index is 14.2. The van der Waals surface area contributed by atoms with E-state index in [1.54, 1.807) is 36.4 Å². The van der Waals surface area contributed by atoms with E-state index in [0.717, 1.165) is 17.7 Å². The van der Waals surface area contributed by atoms with Crippen LogP contribution in [0.4, 0.5) is 9.52 Å². The zero-order valence-electron chi connectivity index (χ0n) is 16.4. The van der Waals surface area contributed by atoms with Crippen molar-refractivity contribution in [3.05, 3.63) is 59.4 Å². The summed E-state index contributed by atoms with van der Waals surface area (Å²) in [4.78, 5) is 45.3. The molecule has 3 amide bonds. The van der Waals surface area contributed by atoms with Gasteiger partial charge in [-0.05, 0) is 37.1 Å². The van der Waals surface area contributed by atoms with E-state index < -0.39 is 30.1 Å². The molecular weight excluding hydrogens is 421 g/mol. The van der Waals surface area contributed by atoms with E-state index in [-0.39, 0.29) is 29.3 Å². The van der Waals surface area contributed by atoms with Crippen LogP contribution in [-0.4, -0.2) is 53.4 Å². The van der Waals surface area contributed by atoms with E-state index in [4.69, 9.17) is 4.74 Å². The van der Waals surface area contributed by atoms with Gasteiger partial charge in [-0.2, -0.15) is 0 Å². The van der Waals surface area contributed by atoms with Crippen molar-refractivity contribution < 1.29 is 23.5 Å². The van der Waals surface area contributed by atoms with Crippen molar-refractivity contribution in [1.82, 2.24) is 9.88 Å². The first kappa shape index (κ1) is 19.8. The number of amides is 3. The number of fused-ring (bicyclic) bond motifs is 2. The van der Waals surface area contributed by atoms with Gasteiger partial charge >= 0.3 is 0 Å². The smallest absolute Gasteiger partial charge is 0.262 e. The molecular formula is C22H18FN3O4S. The summed E-state index contributed by atoms with van der Waals surface area (Å²) in [5.41, 5.74) is 0.759. The second kappa shape index (κ2) is 7.82. The second-order valence-electron chi connectivity index (χ2n) is 7.46. The number of hydrogen-bond donors (Lipinski definition) is 0. The van der Waals surface area contributed by atoms with E-state index in [9.17, 15) is 18.8 Å². The highest BCUT2D eigenvalue weighted by Crippen LogP contribution is 2.32. The quantitative estimate of drug-likeness (QED) is 0.571. The summed E-state index contributed by atoms with van der Waals surface area (Å²) in [5.74, 6) is -1.93. The van der Waals surface area contributed by atoms with Gasteiger partial charge in [0.1, 0.15) is 17.9 Å². The number of carbonyl (C=O) groups excluding carboxylic acids is 3. The second-order valence-corrected chi connectivity index (χ2v) is 8.47. The molecule has 5 rings (SSSR count). The lowest BCUT2D eigenvalue weighted by molar-refractivity contribution is -0.119. The standard InChI is InChI=1S/C22H18FN3O4S/c23-16-8-3-9-17-19(16)24-22(31-17)25(11-13-5-4-10-30-13)18(27)12-26-20(28)14-6-1-2-7-15(14)21(26)29/h1-3,6-9,13H,4-5,10-12H2. The number of nitrogens with zero attached hydrogens (tertiary/aromatic N) is 3. The molecule has 3 heterocycles. The molecule has 2 aliphatic rings. The van der Waals surface area contributed by atoms with Gasteiger partial charge < -0.3 is 4.74 Å². The number of thiazole rings is 1. The number of halogens is 1. The molecule has 1 fully saturated rings. The highest BCUT2D eigenvalue weighted by molar-refractivity contribution is 7.22.